The van der Waals surface area contributed by atoms with Gasteiger partial charge in [0.25, 0.3) is 0 Å². The van der Waals surface area contributed by atoms with Crippen LogP contribution < -0.4 is 5.73 Å². The third-order valence-electron chi connectivity index (χ3n) is 4.85. The average Bonchev–Trinajstić information content (AvgIpc) is 3.19. The Morgan fingerprint density at radius 3 is 2.46 bits per heavy atom. The Morgan fingerprint density at radius 1 is 0.962 bits per heavy atom. The van der Waals surface area contributed by atoms with Gasteiger partial charge < -0.3 is 15.2 Å². The van der Waals surface area contributed by atoms with Crippen LogP contribution in [0.15, 0.2) is 29.2 Å². The minimum atomic E-state index is -3.20. The first-order valence-electron chi connectivity index (χ1n) is 9.83. The predicted molar refractivity (Wildman–Crippen MR) is 104 cm³/mol. The molecule has 2 rings (SSSR count). The fraction of sp³-hybridized carbons (Fsp3) is 0.700. The van der Waals surface area contributed by atoms with Crippen LogP contribution in [0.5, 0.6) is 0 Å². The molecule has 6 heteroatoms. The van der Waals surface area contributed by atoms with Crippen LogP contribution >= 0.6 is 0 Å². The van der Waals surface area contributed by atoms with E-state index >= 15 is 0 Å². The molecule has 5 nitrogen and oxygen atoms in total. The van der Waals surface area contributed by atoms with Gasteiger partial charge in [-0.15, -0.1) is 0 Å². The highest BCUT2D eigenvalue weighted by atomic mass is 32.2. The van der Waals surface area contributed by atoms with Gasteiger partial charge in [-0.25, -0.2) is 8.42 Å². The van der Waals surface area contributed by atoms with Crippen molar-refractivity contribution in [2.75, 3.05) is 26.4 Å². The predicted octanol–water partition coefficient (Wildman–Crippen LogP) is 3.46. The van der Waals surface area contributed by atoms with E-state index in [1.54, 1.807) is 18.2 Å². The lowest BCUT2D eigenvalue weighted by molar-refractivity contribution is 0.0392. The van der Waals surface area contributed by atoms with Gasteiger partial charge >= 0.3 is 0 Å². The zero-order valence-electron chi connectivity index (χ0n) is 15.7. The molecule has 0 bridgehead atoms. The first-order chi connectivity index (χ1) is 12.6. The van der Waals surface area contributed by atoms with Gasteiger partial charge in [-0.2, -0.15) is 0 Å². The van der Waals surface area contributed by atoms with E-state index in [-0.39, 0.29) is 5.25 Å². The quantitative estimate of drug-likeness (QED) is 0.528. The van der Waals surface area contributed by atoms with Gasteiger partial charge in [0.2, 0.25) is 0 Å². The number of rotatable bonds is 13. The lowest BCUT2D eigenvalue weighted by Gasteiger charge is -2.12. The maximum atomic E-state index is 12.7. The van der Waals surface area contributed by atoms with Crippen LogP contribution in [0.25, 0.3) is 0 Å². The Labute approximate surface area is 158 Å². The van der Waals surface area contributed by atoms with E-state index in [1.807, 2.05) is 6.07 Å². The second kappa shape index (κ2) is 11.7. The van der Waals surface area contributed by atoms with Crippen molar-refractivity contribution in [3.05, 3.63) is 29.8 Å². The summed E-state index contributed by atoms with van der Waals surface area (Å²) in [6.45, 7) is 3.01. The van der Waals surface area contributed by atoms with Crippen molar-refractivity contribution in [2.24, 2.45) is 5.73 Å². The molecule has 0 aromatic heterocycles. The number of hydrogen-bond donors (Lipinski definition) is 1. The van der Waals surface area contributed by atoms with Crippen molar-refractivity contribution in [1.82, 2.24) is 0 Å². The molecule has 0 heterocycles. The van der Waals surface area contributed by atoms with E-state index in [9.17, 15) is 8.42 Å². The van der Waals surface area contributed by atoms with Crippen molar-refractivity contribution in [1.29, 1.82) is 0 Å². The van der Waals surface area contributed by atoms with Crippen LogP contribution in [0.1, 0.15) is 56.9 Å². The molecule has 0 amide bonds. The standard InChI is InChI=1S/C20H33NO4S/c21-12-5-1-2-6-13-24-14-15-25-17-18-8-7-11-20(16-18)26(22,23)19-9-3-4-10-19/h7-8,11,16,19H,1-6,9-10,12-15,17,21H2. The summed E-state index contributed by atoms with van der Waals surface area (Å²) in [7, 11) is -3.20. The van der Waals surface area contributed by atoms with Crippen molar-refractivity contribution < 1.29 is 17.9 Å². The molecule has 26 heavy (non-hydrogen) atoms. The van der Waals surface area contributed by atoms with Gasteiger partial charge in [-0.3, -0.25) is 0 Å². The molecular formula is C20H33NO4S. The van der Waals surface area contributed by atoms with Crippen molar-refractivity contribution in [2.45, 2.75) is 68.1 Å². The number of nitrogens with two attached hydrogens (primary N) is 1. The molecule has 148 valence electrons. The molecule has 0 radical (unpaired) electrons. The van der Waals surface area contributed by atoms with Crippen LogP contribution in [-0.4, -0.2) is 40.0 Å². The zero-order valence-corrected chi connectivity index (χ0v) is 16.5. The van der Waals surface area contributed by atoms with E-state index in [1.165, 1.54) is 0 Å². The fourth-order valence-corrected chi connectivity index (χ4v) is 5.24. The maximum Gasteiger partial charge on any atom is 0.181 e. The Bertz CT molecular complexity index is 612. The molecule has 0 spiro atoms. The number of benzene rings is 1. The first kappa shape index (κ1) is 21.4. The highest BCUT2D eigenvalue weighted by Crippen LogP contribution is 2.29. The lowest BCUT2D eigenvalue weighted by Crippen LogP contribution is -2.18. The molecule has 0 atom stereocenters. The molecule has 0 aliphatic heterocycles. The van der Waals surface area contributed by atoms with Gasteiger partial charge in [0.05, 0.1) is 30.0 Å². The second-order valence-electron chi connectivity index (χ2n) is 6.97. The smallest absolute Gasteiger partial charge is 0.181 e. The van der Waals surface area contributed by atoms with Gasteiger partial charge in [-0.05, 0) is 49.9 Å². The molecule has 2 N–H and O–H groups in total. The minimum absolute atomic E-state index is 0.211. The highest BCUT2D eigenvalue weighted by Gasteiger charge is 2.30. The molecule has 0 saturated heterocycles. The molecular weight excluding hydrogens is 350 g/mol. The van der Waals surface area contributed by atoms with Crippen LogP contribution in [0.2, 0.25) is 0 Å². The summed E-state index contributed by atoms with van der Waals surface area (Å²) in [4.78, 5) is 0.430. The Morgan fingerprint density at radius 2 is 1.69 bits per heavy atom. The van der Waals surface area contributed by atoms with E-state index in [4.69, 9.17) is 15.2 Å². The van der Waals surface area contributed by atoms with E-state index < -0.39 is 9.84 Å². The van der Waals surface area contributed by atoms with Gasteiger partial charge in [0, 0.05) is 6.61 Å². The van der Waals surface area contributed by atoms with Crippen molar-refractivity contribution in [3.8, 4) is 0 Å². The normalized spacial score (nSPS) is 15.6. The Hall–Kier alpha value is -0.950. The number of unbranched alkanes of at least 4 members (excludes halogenated alkanes) is 3. The third kappa shape index (κ3) is 6.99. The topological polar surface area (TPSA) is 78.6 Å². The molecule has 1 aliphatic carbocycles. The maximum absolute atomic E-state index is 12.7. The summed E-state index contributed by atoms with van der Waals surface area (Å²) in [5, 5.41) is -0.211. The molecule has 0 unspecified atom stereocenters. The Kier molecular flexibility index (Phi) is 9.61. The van der Waals surface area contributed by atoms with Gasteiger partial charge in [0.1, 0.15) is 0 Å². The zero-order chi connectivity index (χ0) is 18.7. The van der Waals surface area contributed by atoms with Crippen LogP contribution in [0.4, 0.5) is 0 Å². The summed E-state index contributed by atoms with van der Waals surface area (Å²) in [6, 6.07) is 7.17. The summed E-state index contributed by atoms with van der Waals surface area (Å²) in [6.07, 6.45) is 8.05. The SMILES string of the molecule is NCCCCCCOCCOCc1cccc(S(=O)(=O)C2CCCC2)c1. The summed E-state index contributed by atoms with van der Waals surface area (Å²) >= 11 is 0. The van der Waals surface area contributed by atoms with Crippen LogP contribution in [-0.2, 0) is 25.9 Å². The molecule has 1 saturated carbocycles. The summed E-state index contributed by atoms with van der Waals surface area (Å²) in [5.74, 6) is 0. The monoisotopic (exact) mass is 383 g/mol. The number of sulfone groups is 1. The second-order valence-corrected chi connectivity index (χ2v) is 9.19. The van der Waals surface area contributed by atoms with E-state index in [2.05, 4.69) is 0 Å². The fourth-order valence-electron chi connectivity index (χ4n) is 3.32. The highest BCUT2D eigenvalue weighted by molar-refractivity contribution is 7.92. The minimum Gasteiger partial charge on any atom is -0.379 e. The molecule has 1 aromatic carbocycles. The number of hydrogen-bond acceptors (Lipinski definition) is 5. The summed E-state index contributed by atoms with van der Waals surface area (Å²) in [5.41, 5.74) is 6.35. The van der Waals surface area contributed by atoms with Crippen LogP contribution in [0.3, 0.4) is 0 Å². The molecule has 1 aromatic rings. The Balaban J connectivity index is 1.66. The number of ether oxygens (including phenoxy) is 2. The molecule has 1 fully saturated rings. The first-order valence-corrected chi connectivity index (χ1v) is 11.4. The largest absolute Gasteiger partial charge is 0.379 e. The third-order valence-corrected chi connectivity index (χ3v) is 7.11. The molecule has 1 aliphatic rings. The lowest BCUT2D eigenvalue weighted by atomic mass is 10.2. The van der Waals surface area contributed by atoms with E-state index in [0.29, 0.717) is 24.7 Å². The van der Waals surface area contributed by atoms with Crippen molar-refractivity contribution >= 4 is 9.84 Å². The summed E-state index contributed by atoms with van der Waals surface area (Å²) < 4.78 is 36.5. The van der Waals surface area contributed by atoms with Crippen molar-refractivity contribution in [3.63, 3.8) is 0 Å². The van der Waals surface area contributed by atoms with Gasteiger partial charge in [0.15, 0.2) is 9.84 Å². The van der Waals surface area contributed by atoms with Crippen LogP contribution in [0, 0.1) is 0 Å². The van der Waals surface area contributed by atoms with E-state index in [0.717, 1.165) is 70.1 Å². The van der Waals surface area contributed by atoms with Gasteiger partial charge in [-0.1, -0.05) is 37.8 Å². The average molecular weight is 384 g/mol.